The fourth-order valence-electron chi connectivity index (χ4n) is 4.25. The third-order valence-corrected chi connectivity index (χ3v) is 6.01. The first-order valence-corrected chi connectivity index (χ1v) is 11.7. The minimum atomic E-state index is -0.571. The summed E-state index contributed by atoms with van der Waals surface area (Å²) in [6.45, 7) is 9.30. The van der Waals surface area contributed by atoms with Gasteiger partial charge < -0.3 is 26.0 Å². The van der Waals surface area contributed by atoms with Crippen LogP contribution in [0.3, 0.4) is 0 Å². The molecule has 35 heavy (non-hydrogen) atoms. The number of nitrogens with one attached hydrogen (secondary N) is 2. The summed E-state index contributed by atoms with van der Waals surface area (Å²) >= 11 is 0. The number of pyridine rings is 1. The highest BCUT2D eigenvalue weighted by molar-refractivity contribution is 6.02. The molecule has 3 aromatic heterocycles. The quantitative estimate of drug-likeness (QED) is 0.496. The summed E-state index contributed by atoms with van der Waals surface area (Å²) in [5.74, 6) is -0.437. The van der Waals surface area contributed by atoms with Gasteiger partial charge in [-0.3, -0.25) is 9.78 Å². The van der Waals surface area contributed by atoms with Gasteiger partial charge in [0.2, 0.25) is 0 Å². The lowest BCUT2D eigenvalue weighted by Crippen LogP contribution is -2.36. The van der Waals surface area contributed by atoms with Gasteiger partial charge in [-0.25, -0.2) is 9.31 Å². The van der Waals surface area contributed by atoms with Gasteiger partial charge in [0.1, 0.15) is 5.60 Å². The summed E-state index contributed by atoms with van der Waals surface area (Å²) in [7, 11) is 1.88. The highest BCUT2D eigenvalue weighted by atomic mass is 16.6. The second-order valence-corrected chi connectivity index (χ2v) is 10.0. The van der Waals surface area contributed by atoms with E-state index >= 15 is 0 Å². The molecule has 186 valence electrons. The standard InChI is InChI=1S/C25H33N7O3/c1-15-12-31(24(34)35-25(2,3)4)14-20(15)30-22-19(23(26)33)11-29-32-13-17(8-21(22)32)16-6-7-18(10-27-5)28-9-16/h6-9,11,13,15,20,27,30H,10,12,14H2,1-5H3,(H2,26,33). The molecule has 0 saturated carbocycles. The van der Waals surface area contributed by atoms with Crippen molar-refractivity contribution in [2.24, 2.45) is 11.7 Å². The number of likely N-dealkylation sites (tertiary alicyclic amines) is 1. The first-order valence-electron chi connectivity index (χ1n) is 11.7. The average molecular weight is 480 g/mol. The van der Waals surface area contributed by atoms with E-state index in [2.05, 4.69) is 27.6 Å². The van der Waals surface area contributed by atoms with Crippen molar-refractivity contribution in [2.45, 2.75) is 45.9 Å². The smallest absolute Gasteiger partial charge is 0.410 e. The van der Waals surface area contributed by atoms with Gasteiger partial charge in [-0.05, 0) is 45.9 Å². The Labute approximate surface area is 204 Å². The van der Waals surface area contributed by atoms with Gasteiger partial charge in [-0.2, -0.15) is 5.10 Å². The lowest BCUT2D eigenvalue weighted by atomic mass is 10.1. The van der Waals surface area contributed by atoms with E-state index in [1.165, 1.54) is 6.20 Å². The SMILES string of the molecule is CNCc1ccc(-c2cc3c(NC4CN(C(=O)OC(C)(C)C)CC4C)c(C(N)=O)cnn3c2)cn1. The van der Waals surface area contributed by atoms with E-state index in [0.717, 1.165) is 22.3 Å². The van der Waals surface area contributed by atoms with Crippen LogP contribution in [0.15, 0.2) is 36.8 Å². The van der Waals surface area contributed by atoms with Crippen LogP contribution in [0.4, 0.5) is 10.5 Å². The summed E-state index contributed by atoms with van der Waals surface area (Å²) in [4.78, 5) is 31.0. The van der Waals surface area contributed by atoms with Crippen molar-refractivity contribution in [3.63, 3.8) is 0 Å². The molecule has 10 nitrogen and oxygen atoms in total. The van der Waals surface area contributed by atoms with Gasteiger partial charge in [-0.1, -0.05) is 13.0 Å². The topological polar surface area (TPSA) is 127 Å². The molecule has 2 unspecified atom stereocenters. The number of hydrogen-bond acceptors (Lipinski definition) is 7. The fraction of sp³-hybridized carbons (Fsp3) is 0.440. The fourth-order valence-corrected chi connectivity index (χ4v) is 4.25. The van der Waals surface area contributed by atoms with Crippen molar-refractivity contribution in [1.29, 1.82) is 0 Å². The molecule has 0 aliphatic carbocycles. The summed E-state index contributed by atoms with van der Waals surface area (Å²) in [6, 6.07) is 5.85. The second-order valence-electron chi connectivity index (χ2n) is 10.0. The van der Waals surface area contributed by atoms with Gasteiger partial charge in [0.25, 0.3) is 5.91 Å². The van der Waals surface area contributed by atoms with Crippen LogP contribution >= 0.6 is 0 Å². The van der Waals surface area contributed by atoms with E-state index in [9.17, 15) is 9.59 Å². The van der Waals surface area contributed by atoms with E-state index in [0.29, 0.717) is 30.9 Å². The van der Waals surface area contributed by atoms with Crippen LogP contribution < -0.4 is 16.4 Å². The maximum atomic E-state index is 12.6. The van der Waals surface area contributed by atoms with E-state index in [1.54, 1.807) is 9.42 Å². The number of anilines is 1. The first kappa shape index (κ1) is 24.5. The number of aromatic nitrogens is 3. The van der Waals surface area contributed by atoms with Crippen molar-refractivity contribution >= 4 is 23.2 Å². The molecule has 3 aromatic rings. The summed E-state index contributed by atoms with van der Waals surface area (Å²) in [5, 5.41) is 11.0. The number of ether oxygens (including phenoxy) is 1. The molecule has 4 rings (SSSR count). The number of amides is 2. The second kappa shape index (κ2) is 9.53. The molecule has 1 aliphatic heterocycles. The van der Waals surface area contributed by atoms with Crippen molar-refractivity contribution in [2.75, 3.05) is 25.5 Å². The molecule has 1 aliphatic rings. The van der Waals surface area contributed by atoms with Crippen LogP contribution in [0.1, 0.15) is 43.7 Å². The number of carbonyl (C=O) groups excluding carboxylic acids is 2. The number of fused-ring (bicyclic) bond motifs is 1. The minimum Gasteiger partial charge on any atom is -0.444 e. The molecular weight excluding hydrogens is 446 g/mol. The number of rotatable bonds is 6. The van der Waals surface area contributed by atoms with Crippen molar-refractivity contribution in [3.05, 3.63) is 48.0 Å². The third-order valence-electron chi connectivity index (χ3n) is 6.01. The Bertz CT molecular complexity index is 1230. The van der Waals surface area contributed by atoms with Gasteiger partial charge in [0.15, 0.2) is 0 Å². The maximum Gasteiger partial charge on any atom is 0.410 e. The summed E-state index contributed by atoms with van der Waals surface area (Å²) in [5.41, 5.74) is 9.55. The number of hydrogen-bond donors (Lipinski definition) is 3. The van der Waals surface area contributed by atoms with Gasteiger partial charge >= 0.3 is 6.09 Å². The lowest BCUT2D eigenvalue weighted by molar-refractivity contribution is 0.0288. The van der Waals surface area contributed by atoms with Gasteiger partial charge in [-0.15, -0.1) is 0 Å². The predicted molar refractivity (Wildman–Crippen MR) is 134 cm³/mol. The Morgan fingerprint density at radius 3 is 2.60 bits per heavy atom. The Balaban J connectivity index is 1.64. The van der Waals surface area contributed by atoms with Crippen LogP contribution in [0.2, 0.25) is 0 Å². The van der Waals surface area contributed by atoms with Crippen LogP contribution in [-0.4, -0.2) is 63.3 Å². The van der Waals surface area contributed by atoms with E-state index < -0.39 is 11.5 Å². The maximum absolute atomic E-state index is 12.6. The summed E-state index contributed by atoms with van der Waals surface area (Å²) < 4.78 is 7.26. The molecule has 0 spiro atoms. The zero-order chi connectivity index (χ0) is 25.3. The number of nitrogens with zero attached hydrogens (tertiary/aromatic N) is 4. The Morgan fingerprint density at radius 2 is 1.97 bits per heavy atom. The lowest BCUT2D eigenvalue weighted by Gasteiger charge is -2.24. The zero-order valence-corrected chi connectivity index (χ0v) is 20.8. The number of primary amides is 1. The van der Waals surface area contributed by atoms with Gasteiger partial charge in [0.05, 0.1) is 28.7 Å². The largest absolute Gasteiger partial charge is 0.444 e. The molecular formula is C25H33N7O3. The normalized spacial score (nSPS) is 18.1. The molecule has 1 fully saturated rings. The number of carbonyl (C=O) groups is 2. The predicted octanol–water partition coefficient (Wildman–Crippen LogP) is 2.88. The first-order chi connectivity index (χ1) is 16.6. The molecule has 0 bridgehead atoms. The van der Waals surface area contributed by atoms with E-state index in [4.69, 9.17) is 10.5 Å². The number of nitrogens with two attached hydrogens (primary N) is 1. The van der Waals surface area contributed by atoms with E-state index in [1.807, 2.05) is 58.4 Å². The van der Waals surface area contributed by atoms with Crippen LogP contribution in [0.25, 0.3) is 16.6 Å². The van der Waals surface area contributed by atoms with Crippen LogP contribution in [0.5, 0.6) is 0 Å². The highest BCUT2D eigenvalue weighted by Crippen LogP contribution is 2.31. The molecule has 0 aromatic carbocycles. The average Bonchev–Trinajstić information content (AvgIpc) is 3.37. The third kappa shape index (κ3) is 5.37. The molecule has 4 heterocycles. The minimum absolute atomic E-state index is 0.0901. The van der Waals surface area contributed by atoms with Crippen molar-refractivity contribution in [1.82, 2.24) is 24.8 Å². The summed E-state index contributed by atoms with van der Waals surface area (Å²) in [6.07, 6.45) is 4.84. The zero-order valence-electron chi connectivity index (χ0n) is 20.8. The van der Waals surface area contributed by atoms with Gasteiger partial charge in [0, 0.05) is 49.2 Å². The molecule has 1 saturated heterocycles. The molecule has 10 heteroatoms. The Kier molecular flexibility index (Phi) is 6.66. The molecule has 0 radical (unpaired) electrons. The van der Waals surface area contributed by atoms with Crippen molar-refractivity contribution < 1.29 is 14.3 Å². The molecule has 4 N–H and O–H groups in total. The Morgan fingerprint density at radius 1 is 1.20 bits per heavy atom. The monoisotopic (exact) mass is 479 g/mol. The molecule has 2 amide bonds. The highest BCUT2D eigenvalue weighted by Gasteiger charge is 2.35. The van der Waals surface area contributed by atoms with Crippen LogP contribution in [0, 0.1) is 5.92 Å². The Hall–Kier alpha value is -3.66. The van der Waals surface area contributed by atoms with Crippen LogP contribution in [-0.2, 0) is 11.3 Å². The van der Waals surface area contributed by atoms with Crippen molar-refractivity contribution in [3.8, 4) is 11.1 Å². The molecule has 2 atom stereocenters. The van der Waals surface area contributed by atoms with E-state index in [-0.39, 0.29) is 18.1 Å².